The second kappa shape index (κ2) is 8.98. The van der Waals surface area contributed by atoms with Gasteiger partial charge in [0, 0.05) is 27.8 Å². The van der Waals surface area contributed by atoms with Gasteiger partial charge < -0.3 is 14.8 Å². The molecule has 0 atom stereocenters. The maximum atomic E-state index is 13.0. The highest BCUT2D eigenvalue weighted by Gasteiger charge is 2.10. The molecule has 0 saturated carbocycles. The van der Waals surface area contributed by atoms with Crippen LogP contribution in [-0.4, -0.2) is 7.11 Å². The molecule has 0 heterocycles. The Hall–Kier alpha value is -2.43. The van der Waals surface area contributed by atoms with Gasteiger partial charge >= 0.3 is 0 Å². The summed E-state index contributed by atoms with van der Waals surface area (Å²) in [5, 5.41) is 4.35. The summed E-state index contributed by atoms with van der Waals surface area (Å²) in [4.78, 5) is 0. The van der Waals surface area contributed by atoms with Gasteiger partial charge in [-0.3, -0.25) is 0 Å². The van der Waals surface area contributed by atoms with Crippen LogP contribution in [0.25, 0.3) is 0 Å². The third-order valence-corrected chi connectivity index (χ3v) is 4.71. The molecule has 0 aliphatic rings. The van der Waals surface area contributed by atoms with Gasteiger partial charge in [0.2, 0.25) is 0 Å². The van der Waals surface area contributed by atoms with Gasteiger partial charge in [0.15, 0.2) is 11.5 Å². The molecule has 0 unspecified atom stereocenters. The van der Waals surface area contributed by atoms with Crippen LogP contribution >= 0.6 is 23.2 Å². The molecule has 3 rings (SSSR count). The van der Waals surface area contributed by atoms with E-state index in [9.17, 15) is 4.39 Å². The summed E-state index contributed by atoms with van der Waals surface area (Å²) in [5.41, 5.74) is 2.56. The average molecular weight is 406 g/mol. The van der Waals surface area contributed by atoms with Gasteiger partial charge in [0.1, 0.15) is 12.4 Å². The highest BCUT2D eigenvalue weighted by molar-refractivity contribution is 6.35. The van der Waals surface area contributed by atoms with Gasteiger partial charge in [-0.1, -0.05) is 35.3 Å². The Kier molecular flexibility index (Phi) is 6.43. The second-order valence-corrected chi connectivity index (χ2v) is 6.65. The standard InChI is InChI=1S/C21H18Cl2FNO2/c1-26-21-11-14(12-25-16-8-6-15(24)7-9-16)5-10-20(21)27-13-17-18(22)3-2-4-19(17)23/h2-11,25H,12-13H2,1H3. The van der Waals surface area contributed by atoms with Crippen molar-refractivity contribution in [3.8, 4) is 11.5 Å². The summed E-state index contributed by atoms with van der Waals surface area (Å²) in [6.45, 7) is 0.806. The van der Waals surface area contributed by atoms with Gasteiger partial charge in [0.25, 0.3) is 0 Å². The van der Waals surface area contributed by atoms with Crippen LogP contribution in [0.3, 0.4) is 0 Å². The molecule has 0 aliphatic heterocycles. The van der Waals surface area contributed by atoms with Crippen LogP contribution in [0.4, 0.5) is 10.1 Å². The molecule has 3 nitrogen and oxygen atoms in total. The van der Waals surface area contributed by atoms with Crippen LogP contribution in [0.15, 0.2) is 60.7 Å². The number of rotatable bonds is 7. The lowest BCUT2D eigenvalue weighted by molar-refractivity contribution is 0.284. The minimum atomic E-state index is -0.262. The summed E-state index contributed by atoms with van der Waals surface area (Å²) in [6.07, 6.45) is 0. The average Bonchev–Trinajstić information content (AvgIpc) is 2.67. The molecule has 6 heteroatoms. The lowest BCUT2D eigenvalue weighted by Crippen LogP contribution is -2.02. The van der Waals surface area contributed by atoms with E-state index in [1.807, 2.05) is 18.2 Å². The number of hydrogen-bond donors (Lipinski definition) is 1. The zero-order chi connectivity index (χ0) is 19.2. The third kappa shape index (κ3) is 5.06. The highest BCUT2D eigenvalue weighted by Crippen LogP contribution is 2.31. The van der Waals surface area contributed by atoms with Crippen molar-refractivity contribution < 1.29 is 13.9 Å². The fourth-order valence-electron chi connectivity index (χ4n) is 2.53. The van der Waals surface area contributed by atoms with Crippen molar-refractivity contribution in [1.82, 2.24) is 0 Å². The van der Waals surface area contributed by atoms with Crippen molar-refractivity contribution in [2.24, 2.45) is 0 Å². The number of nitrogens with one attached hydrogen (secondary N) is 1. The van der Waals surface area contributed by atoms with E-state index in [-0.39, 0.29) is 12.4 Å². The van der Waals surface area contributed by atoms with E-state index in [4.69, 9.17) is 32.7 Å². The normalized spacial score (nSPS) is 10.5. The molecule has 0 bridgehead atoms. The van der Waals surface area contributed by atoms with E-state index in [1.165, 1.54) is 12.1 Å². The molecule has 3 aromatic carbocycles. The molecular formula is C21H18Cl2FNO2. The molecule has 0 radical (unpaired) electrons. The Morgan fingerprint density at radius 2 is 1.63 bits per heavy atom. The van der Waals surface area contributed by atoms with Crippen LogP contribution in [-0.2, 0) is 13.2 Å². The predicted molar refractivity (Wildman–Crippen MR) is 108 cm³/mol. The van der Waals surface area contributed by atoms with E-state index in [0.717, 1.165) is 16.8 Å². The van der Waals surface area contributed by atoms with Gasteiger partial charge in [0.05, 0.1) is 7.11 Å². The number of hydrogen-bond acceptors (Lipinski definition) is 3. The largest absolute Gasteiger partial charge is 0.493 e. The predicted octanol–water partition coefficient (Wildman–Crippen LogP) is 6.33. The van der Waals surface area contributed by atoms with Gasteiger partial charge in [-0.15, -0.1) is 0 Å². The number of benzene rings is 3. The molecule has 3 aromatic rings. The zero-order valence-corrected chi connectivity index (χ0v) is 16.1. The van der Waals surface area contributed by atoms with Crippen molar-refractivity contribution in [3.63, 3.8) is 0 Å². The number of methoxy groups -OCH3 is 1. The van der Waals surface area contributed by atoms with Crippen molar-refractivity contribution in [2.75, 3.05) is 12.4 Å². The lowest BCUT2D eigenvalue weighted by Gasteiger charge is -2.14. The maximum absolute atomic E-state index is 13.0. The monoisotopic (exact) mass is 405 g/mol. The topological polar surface area (TPSA) is 30.5 Å². The third-order valence-electron chi connectivity index (χ3n) is 4.00. The van der Waals surface area contributed by atoms with E-state index in [0.29, 0.717) is 28.1 Å². The molecule has 140 valence electrons. The van der Waals surface area contributed by atoms with E-state index < -0.39 is 0 Å². The first-order valence-corrected chi connectivity index (χ1v) is 9.04. The summed E-state index contributed by atoms with van der Waals surface area (Å²) in [7, 11) is 1.59. The quantitative estimate of drug-likeness (QED) is 0.497. The van der Waals surface area contributed by atoms with Crippen molar-refractivity contribution in [2.45, 2.75) is 13.2 Å². The zero-order valence-electron chi connectivity index (χ0n) is 14.6. The number of halogens is 3. The molecular weight excluding hydrogens is 388 g/mol. The summed E-state index contributed by atoms with van der Waals surface area (Å²) in [5.74, 6) is 0.943. The molecule has 0 aliphatic carbocycles. The number of ether oxygens (including phenoxy) is 2. The summed E-state index contributed by atoms with van der Waals surface area (Å²) < 4.78 is 24.2. The minimum Gasteiger partial charge on any atom is -0.493 e. The van der Waals surface area contributed by atoms with Crippen molar-refractivity contribution >= 4 is 28.9 Å². The number of anilines is 1. The molecule has 0 spiro atoms. The highest BCUT2D eigenvalue weighted by atomic mass is 35.5. The Balaban J connectivity index is 1.67. The molecule has 27 heavy (non-hydrogen) atoms. The second-order valence-electron chi connectivity index (χ2n) is 5.83. The van der Waals surface area contributed by atoms with Crippen molar-refractivity contribution in [1.29, 1.82) is 0 Å². The fraction of sp³-hybridized carbons (Fsp3) is 0.143. The Labute approximate surface area is 167 Å². The van der Waals surface area contributed by atoms with E-state index >= 15 is 0 Å². The maximum Gasteiger partial charge on any atom is 0.161 e. The SMILES string of the molecule is COc1cc(CNc2ccc(F)cc2)ccc1OCc1c(Cl)cccc1Cl. The smallest absolute Gasteiger partial charge is 0.161 e. The summed E-state index contributed by atoms with van der Waals surface area (Å²) >= 11 is 12.4. The summed E-state index contributed by atoms with van der Waals surface area (Å²) in [6, 6.07) is 17.2. The Bertz CT molecular complexity index is 896. The Morgan fingerprint density at radius 1 is 0.926 bits per heavy atom. The minimum absolute atomic E-state index is 0.238. The van der Waals surface area contributed by atoms with Gasteiger partial charge in [-0.25, -0.2) is 4.39 Å². The van der Waals surface area contributed by atoms with Gasteiger partial charge in [-0.05, 0) is 54.1 Å². The fourth-order valence-corrected chi connectivity index (χ4v) is 3.04. The molecule has 0 aromatic heterocycles. The first-order chi connectivity index (χ1) is 13.1. The van der Waals surface area contributed by atoms with Crippen LogP contribution < -0.4 is 14.8 Å². The molecule has 0 saturated heterocycles. The van der Waals surface area contributed by atoms with Crippen molar-refractivity contribution in [3.05, 3.63) is 87.7 Å². The van der Waals surface area contributed by atoms with E-state index in [2.05, 4.69) is 5.32 Å². The molecule has 1 N–H and O–H groups in total. The van der Waals surface area contributed by atoms with Crippen LogP contribution in [0.2, 0.25) is 10.0 Å². The lowest BCUT2D eigenvalue weighted by atomic mass is 10.2. The Morgan fingerprint density at radius 3 is 2.30 bits per heavy atom. The molecule has 0 amide bonds. The van der Waals surface area contributed by atoms with Crippen LogP contribution in [0, 0.1) is 5.82 Å². The first-order valence-electron chi connectivity index (χ1n) is 8.29. The van der Waals surface area contributed by atoms with Gasteiger partial charge in [-0.2, -0.15) is 0 Å². The first kappa shape index (κ1) is 19.3. The van der Waals surface area contributed by atoms with Crippen LogP contribution in [0.5, 0.6) is 11.5 Å². The van der Waals surface area contributed by atoms with Crippen LogP contribution in [0.1, 0.15) is 11.1 Å². The molecule has 0 fully saturated rings. The van der Waals surface area contributed by atoms with E-state index in [1.54, 1.807) is 37.4 Å².